The van der Waals surface area contributed by atoms with Crippen molar-refractivity contribution in [1.82, 2.24) is 5.32 Å². The molecule has 0 bridgehead atoms. The molecule has 1 unspecified atom stereocenters. The zero-order valence-electron chi connectivity index (χ0n) is 12.0. The highest BCUT2D eigenvalue weighted by Gasteiger charge is 2.45. The SMILES string of the molecule is CC(C)NC(C#N)(CSCc1ccc(Cl)cc1)C1CC1. The van der Waals surface area contributed by atoms with Crippen LogP contribution in [0.25, 0.3) is 0 Å². The Hall–Kier alpha value is -0.690. The fraction of sp³-hybridized carbons (Fsp3) is 0.562. The van der Waals surface area contributed by atoms with Crippen molar-refractivity contribution in [2.45, 2.75) is 44.0 Å². The smallest absolute Gasteiger partial charge is 0.118 e. The average Bonchev–Trinajstić information content (AvgIpc) is 3.24. The van der Waals surface area contributed by atoms with Crippen LogP contribution in [0.5, 0.6) is 0 Å². The van der Waals surface area contributed by atoms with Gasteiger partial charge < -0.3 is 0 Å². The van der Waals surface area contributed by atoms with Crippen molar-refractivity contribution in [3.63, 3.8) is 0 Å². The Morgan fingerprint density at radius 2 is 2.05 bits per heavy atom. The molecule has 1 N–H and O–H groups in total. The Bertz CT molecular complexity index is 476. The summed E-state index contributed by atoms with van der Waals surface area (Å²) in [4.78, 5) is 0. The number of hydrogen-bond acceptors (Lipinski definition) is 3. The van der Waals surface area contributed by atoms with E-state index in [-0.39, 0.29) is 5.54 Å². The summed E-state index contributed by atoms with van der Waals surface area (Å²) in [7, 11) is 0. The highest BCUT2D eigenvalue weighted by atomic mass is 35.5. The van der Waals surface area contributed by atoms with E-state index in [1.54, 1.807) is 0 Å². The van der Waals surface area contributed by atoms with E-state index in [1.807, 2.05) is 23.9 Å². The minimum absolute atomic E-state index is 0.339. The first-order chi connectivity index (χ1) is 9.55. The van der Waals surface area contributed by atoms with Gasteiger partial charge in [-0.2, -0.15) is 17.0 Å². The average molecular weight is 309 g/mol. The summed E-state index contributed by atoms with van der Waals surface area (Å²) >= 11 is 7.71. The van der Waals surface area contributed by atoms with E-state index in [4.69, 9.17) is 11.6 Å². The molecule has 1 aromatic carbocycles. The maximum absolute atomic E-state index is 9.63. The number of rotatable bonds is 7. The van der Waals surface area contributed by atoms with Crippen LogP contribution in [0.15, 0.2) is 24.3 Å². The molecule has 0 heterocycles. The van der Waals surface area contributed by atoms with Crippen LogP contribution in [-0.4, -0.2) is 17.3 Å². The normalized spacial score (nSPS) is 17.8. The van der Waals surface area contributed by atoms with Gasteiger partial charge in [-0.25, -0.2) is 0 Å². The topological polar surface area (TPSA) is 35.8 Å². The van der Waals surface area contributed by atoms with E-state index in [1.165, 1.54) is 18.4 Å². The van der Waals surface area contributed by atoms with Crippen LogP contribution in [0.4, 0.5) is 0 Å². The van der Waals surface area contributed by atoms with Crippen LogP contribution in [-0.2, 0) is 5.75 Å². The van der Waals surface area contributed by atoms with E-state index in [0.29, 0.717) is 12.0 Å². The number of nitrogens with one attached hydrogen (secondary N) is 1. The zero-order chi connectivity index (χ0) is 14.6. The molecule has 0 aromatic heterocycles. The number of thioether (sulfide) groups is 1. The van der Waals surface area contributed by atoms with Crippen molar-refractivity contribution in [1.29, 1.82) is 5.26 Å². The summed E-state index contributed by atoms with van der Waals surface area (Å²) in [6.45, 7) is 4.22. The molecule has 2 nitrogen and oxygen atoms in total. The predicted octanol–water partition coefficient (Wildman–Crippen LogP) is 4.24. The summed E-state index contributed by atoms with van der Waals surface area (Å²) in [6, 6.07) is 10.8. The lowest BCUT2D eigenvalue weighted by Crippen LogP contribution is -2.51. The maximum Gasteiger partial charge on any atom is 0.118 e. The lowest BCUT2D eigenvalue weighted by molar-refractivity contribution is 0.370. The Morgan fingerprint density at radius 3 is 2.55 bits per heavy atom. The third kappa shape index (κ3) is 4.15. The minimum Gasteiger partial charge on any atom is -0.296 e. The molecule has 1 aromatic rings. The largest absolute Gasteiger partial charge is 0.296 e. The molecule has 2 rings (SSSR count). The molecule has 0 amide bonds. The molecule has 1 aliphatic rings. The summed E-state index contributed by atoms with van der Waals surface area (Å²) in [5, 5.41) is 13.9. The second-order valence-corrected chi connectivity index (χ2v) is 7.20. The summed E-state index contributed by atoms with van der Waals surface area (Å²) in [5.41, 5.74) is 0.900. The predicted molar refractivity (Wildman–Crippen MR) is 87.0 cm³/mol. The van der Waals surface area contributed by atoms with Gasteiger partial charge in [0.2, 0.25) is 0 Å². The Labute approximate surface area is 130 Å². The minimum atomic E-state index is -0.356. The number of nitriles is 1. The Kier molecular flexibility index (Phi) is 5.37. The van der Waals surface area contributed by atoms with Crippen molar-refractivity contribution >= 4 is 23.4 Å². The number of benzene rings is 1. The van der Waals surface area contributed by atoms with E-state index >= 15 is 0 Å². The van der Waals surface area contributed by atoms with Gasteiger partial charge in [0.1, 0.15) is 5.54 Å². The van der Waals surface area contributed by atoms with Crippen LogP contribution < -0.4 is 5.32 Å². The standard InChI is InChI=1S/C16H21ClN2S/c1-12(2)19-16(10-18,14-5-6-14)11-20-9-13-3-7-15(17)8-4-13/h3-4,7-8,12,14,19H,5-6,9,11H2,1-2H3. The van der Waals surface area contributed by atoms with Crippen LogP contribution in [0.2, 0.25) is 5.02 Å². The molecule has 1 atom stereocenters. The molecule has 0 spiro atoms. The third-order valence-corrected chi connectivity index (χ3v) is 4.98. The van der Waals surface area contributed by atoms with E-state index < -0.39 is 0 Å². The summed E-state index contributed by atoms with van der Waals surface area (Å²) in [5.74, 6) is 2.29. The first-order valence-electron chi connectivity index (χ1n) is 7.07. The van der Waals surface area contributed by atoms with E-state index in [0.717, 1.165) is 16.5 Å². The van der Waals surface area contributed by atoms with Crippen molar-refractivity contribution in [3.8, 4) is 6.07 Å². The molecule has 0 aliphatic heterocycles. The van der Waals surface area contributed by atoms with Crippen LogP contribution >= 0.6 is 23.4 Å². The van der Waals surface area contributed by atoms with Gasteiger partial charge in [0, 0.05) is 22.6 Å². The van der Waals surface area contributed by atoms with Gasteiger partial charge in [-0.3, -0.25) is 5.32 Å². The van der Waals surface area contributed by atoms with Gasteiger partial charge in [0.05, 0.1) is 6.07 Å². The van der Waals surface area contributed by atoms with Gasteiger partial charge in [-0.15, -0.1) is 0 Å². The molecular formula is C16H21ClN2S. The molecule has 20 heavy (non-hydrogen) atoms. The van der Waals surface area contributed by atoms with E-state index in [2.05, 4.69) is 37.4 Å². The molecule has 4 heteroatoms. The number of hydrogen-bond donors (Lipinski definition) is 1. The molecule has 1 fully saturated rings. The molecule has 1 saturated carbocycles. The second kappa shape index (κ2) is 6.85. The number of halogens is 1. The van der Waals surface area contributed by atoms with Crippen LogP contribution in [0.3, 0.4) is 0 Å². The van der Waals surface area contributed by atoms with Gasteiger partial charge >= 0.3 is 0 Å². The van der Waals surface area contributed by atoms with Crippen LogP contribution in [0, 0.1) is 17.2 Å². The fourth-order valence-corrected chi connectivity index (χ4v) is 3.80. The van der Waals surface area contributed by atoms with Gasteiger partial charge in [0.25, 0.3) is 0 Å². The van der Waals surface area contributed by atoms with Crippen molar-refractivity contribution < 1.29 is 0 Å². The molecular weight excluding hydrogens is 288 g/mol. The summed E-state index contributed by atoms with van der Waals surface area (Å²) < 4.78 is 0. The molecule has 0 saturated heterocycles. The van der Waals surface area contributed by atoms with E-state index in [9.17, 15) is 5.26 Å². The first kappa shape index (κ1) is 15.7. The quantitative estimate of drug-likeness (QED) is 0.818. The van der Waals surface area contributed by atoms with Crippen molar-refractivity contribution in [2.75, 3.05) is 5.75 Å². The highest BCUT2D eigenvalue weighted by Crippen LogP contribution is 2.41. The zero-order valence-corrected chi connectivity index (χ0v) is 13.6. The van der Waals surface area contributed by atoms with Gasteiger partial charge in [-0.05, 0) is 50.3 Å². The number of nitrogens with zero attached hydrogens (tertiary/aromatic N) is 1. The first-order valence-corrected chi connectivity index (χ1v) is 8.60. The van der Waals surface area contributed by atoms with Crippen molar-refractivity contribution in [2.24, 2.45) is 5.92 Å². The lowest BCUT2D eigenvalue weighted by Gasteiger charge is -2.30. The lowest BCUT2D eigenvalue weighted by atomic mass is 9.96. The second-order valence-electron chi connectivity index (χ2n) is 5.78. The third-order valence-electron chi connectivity index (χ3n) is 3.53. The Balaban J connectivity index is 1.92. The Morgan fingerprint density at radius 1 is 1.40 bits per heavy atom. The van der Waals surface area contributed by atoms with Gasteiger partial charge in [-0.1, -0.05) is 23.7 Å². The molecule has 1 aliphatic carbocycles. The monoisotopic (exact) mass is 308 g/mol. The molecule has 108 valence electrons. The van der Waals surface area contributed by atoms with Gasteiger partial charge in [0.15, 0.2) is 0 Å². The van der Waals surface area contributed by atoms with Crippen molar-refractivity contribution in [3.05, 3.63) is 34.9 Å². The fourth-order valence-electron chi connectivity index (χ4n) is 2.43. The highest BCUT2D eigenvalue weighted by molar-refractivity contribution is 7.98. The van der Waals surface area contributed by atoms with Crippen LogP contribution in [0.1, 0.15) is 32.3 Å². The summed E-state index contributed by atoms with van der Waals surface area (Å²) in [6.07, 6.45) is 2.35. The maximum atomic E-state index is 9.63. The molecule has 0 radical (unpaired) electrons.